The van der Waals surface area contributed by atoms with E-state index in [1.54, 1.807) is 16.8 Å². The van der Waals surface area contributed by atoms with Gasteiger partial charge in [-0.05, 0) is 50.4 Å². The van der Waals surface area contributed by atoms with Crippen molar-refractivity contribution in [3.05, 3.63) is 54.5 Å². The number of hydrogen-bond donors (Lipinski definition) is 2. The van der Waals surface area contributed by atoms with Crippen LogP contribution in [0.4, 0.5) is 23.0 Å². The molecular formula is C22H25N9. The van der Waals surface area contributed by atoms with Crippen molar-refractivity contribution in [3.63, 3.8) is 0 Å². The van der Waals surface area contributed by atoms with Crippen LogP contribution in [0.2, 0.25) is 0 Å². The molecule has 5 rings (SSSR count). The topological polar surface area (TPSA) is 100 Å². The summed E-state index contributed by atoms with van der Waals surface area (Å²) in [7, 11) is 2.17. The van der Waals surface area contributed by atoms with E-state index in [-0.39, 0.29) is 0 Å². The molecule has 1 aliphatic heterocycles. The first kappa shape index (κ1) is 19.3. The molecule has 3 N–H and O–H groups in total. The van der Waals surface area contributed by atoms with Gasteiger partial charge in [0, 0.05) is 49.8 Å². The number of aromatic nitrogens is 5. The number of imidazole rings is 1. The molecule has 1 aliphatic rings. The Labute approximate surface area is 180 Å². The fraction of sp³-hybridized carbons (Fsp3) is 0.273. The van der Waals surface area contributed by atoms with Crippen molar-refractivity contribution in [1.29, 1.82) is 0 Å². The van der Waals surface area contributed by atoms with Crippen LogP contribution in [0.25, 0.3) is 17.0 Å². The van der Waals surface area contributed by atoms with Crippen LogP contribution in [0.1, 0.15) is 5.82 Å². The van der Waals surface area contributed by atoms with E-state index in [2.05, 4.69) is 61.5 Å². The van der Waals surface area contributed by atoms with Gasteiger partial charge in [-0.15, -0.1) is 0 Å². The van der Waals surface area contributed by atoms with Crippen LogP contribution in [0.5, 0.6) is 0 Å². The standard InChI is InChI=1S/C22H25N9/c1-15-25-18(14-19(23)26-15)21-22(28-20-4-3-9-24-31(20)21)27-16-5-7-17(8-6-16)30-12-10-29(2)11-13-30/h3-9,14,27H,10-13H2,1-2H3,(H2,23,25,26). The molecule has 0 radical (unpaired) electrons. The number of nitrogen functional groups attached to an aromatic ring is 1. The number of nitrogens with two attached hydrogens (primary N) is 1. The number of nitrogens with one attached hydrogen (secondary N) is 1. The van der Waals surface area contributed by atoms with E-state index in [0.29, 0.717) is 23.2 Å². The van der Waals surface area contributed by atoms with Crippen LogP contribution < -0.4 is 16.0 Å². The summed E-state index contributed by atoms with van der Waals surface area (Å²) in [6, 6.07) is 14.0. The molecule has 0 aliphatic carbocycles. The van der Waals surface area contributed by atoms with Crippen molar-refractivity contribution in [1.82, 2.24) is 29.5 Å². The molecule has 4 aromatic rings. The second-order valence-corrected chi connectivity index (χ2v) is 7.79. The summed E-state index contributed by atoms with van der Waals surface area (Å²) in [5, 5.41) is 7.90. The smallest absolute Gasteiger partial charge is 0.161 e. The summed E-state index contributed by atoms with van der Waals surface area (Å²) in [4.78, 5) is 18.3. The Morgan fingerprint density at radius 2 is 1.74 bits per heavy atom. The highest BCUT2D eigenvalue weighted by Crippen LogP contribution is 2.31. The van der Waals surface area contributed by atoms with Crippen molar-refractivity contribution in [2.75, 3.05) is 49.2 Å². The van der Waals surface area contributed by atoms with Crippen molar-refractivity contribution in [2.45, 2.75) is 6.92 Å². The molecule has 0 spiro atoms. The molecule has 1 fully saturated rings. The van der Waals surface area contributed by atoms with Crippen LogP contribution in [0.3, 0.4) is 0 Å². The summed E-state index contributed by atoms with van der Waals surface area (Å²) in [5.41, 5.74) is 10.3. The Morgan fingerprint density at radius 3 is 2.48 bits per heavy atom. The quantitative estimate of drug-likeness (QED) is 0.525. The van der Waals surface area contributed by atoms with Crippen molar-refractivity contribution in [3.8, 4) is 11.4 Å². The van der Waals surface area contributed by atoms with Gasteiger partial charge in [-0.25, -0.2) is 19.5 Å². The molecule has 9 heteroatoms. The van der Waals surface area contributed by atoms with Gasteiger partial charge in [0.25, 0.3) is 0 Å². The predicted octanol–water partition coefficient (Wildman–Crippen LogP) is 2.57. The lowest BCUT2D eigenvalue weighted by Gasteiger charge is -2.34. The fourth-order valence-corrected chi connectivity index (χ4v) is 3.87. The van der Waals surface area contributed by atoms with Gasteiger partial charge in [-0.3, -0.25) is 0 Å². The monoisotopic (exact) mass is 415 g/mol. The molecule has 0 atom stereocenters. The Kier molecular flexibility index (Phi) is 4.87. The zero-order chi connectivity index (χ0) is 21.4. The SMILES string of the molecule is Cc1nc(N)cc(-c2c(Nc3ccc(N4CCN(C)CC4)cc3)nc3cccnn23)n1. The number of fused-ring (bicyclic) bond motifs is 1. The Hall–Kier alpha value is -3.72. The summed E-state index contributed by atoms with van der Waals surface area (Å²) in [6.45, 7) is 6.07. The molecular weight excluding hydrogens is 390 g/mol. The van der Waals surface area contributed by atoms with Crippen LogP contribution >= 0.6 is 0 Å². The van der Waals surface area contributed by atoms with Gasteiger partial charge in [0.1, 0.15) is 17.3 Å². The molecule has 0 bridgehead atoms. The van der Waals surface area contributed by atoms with Crippen molar-refractivity contribution in [2.24, 2.45) is 0 Å². The maximum atomic E-state index is 5.98. The highest BCUT2D eigenvalue weighted by Gasteiger charge is 2.18. The first-order valence-electron chi connectivity index (χ1n) is 10.3. The number of nitrogens with zero attached hydrogens (tertiary/aromatic N) is 7. The van der Waals surface area contributed by atoms with Gasteiger partial charge < -0.3 is 20.9 Å². The number of aryl methyl sites for hydroxylation is 1. The predicted molar refractivity (Wildman–Crippen MR) is 123 cm³/mol. The van der Waals surface area contributed by atoms with E-state index in [0.717, 1.165) is 43.2 Å². The number of hydrogen-bond acceptors (Lipinski definition) is 8. The second kappa shape index (κ2) is 7.84. The molecule has 0 unspecified atom stereocenters. The molecule has 31 heavy (non-hydrogen) atoms. The zero-order valence-electron chi connectivity index (χ0n) is 17.7. The maximum absolute atomic E-state index is 5.98. The second-order valence-electron chi connectivity index (χ2n) is 7.79. The minimum atomic E-state index is 0.413. The summed E-state index contributed by atoms with van der Waals surface area (Å²) >= 11 is 0. The first-order chi connectivity index (χ1) is 15.1. The van der Waals surface area contributed by atoms with E-state index in [4.69, 9.17) is 10.7 Å². The third-order valence-corrected chi connectivity index (χ3v) is 5.49. The maximum Gasteiger partial charge on any atom is 0.161 e. The molecule has 4 heterocycles. The molecule has 3 aromatic heterocycles. The summed E-state index contributed by atoms with van der Waals surface area (Å²) < 4.78 is 1.77. The van der Waals surface area contributed by atoms with E-state index < -0.39 is 0 Å². The lowest BCUT2D eigenvalue weighted by Crippen LogP contribution is -2.44. The van der Waals surface area contributed by atoms with Crippen LogP contribution in [0, 0.1) is 6.92 Å². The minimum absolute atomic E-state index is 0.413. The van der Waals surface area contributed by atoms with Gasteiger partial charge >= 0.3 is 0 Å². The summed E-state index contributed by atoms with van der Waals surface area (Å²) in [6.07, 6.45) is 1.73. The van der Waals surface area contributed by atoms with Crippen molar-refractivity contribution < 1.29 is 0 Å². The van der Waals surface area contributed by atoms with E-state index in [9.17, 15) is 0 Å². The van der Waals surface area contributed by atoms with E-state index >= 15 is 0 Å². The number of rotatable bonds is 4. The van der Waals surface area contributed by atoms with Crippen LogP contribution in [-0.4, -0.2) is 62.7 Å². The number of likely N-dealkylation sites (N-methyl/N-ethyl adjacent to an activating group) is 1. The zero-order valence-corrected chi connectivity index (χ0v) is 17.7. The number of anilines is 4. The normalized spacial score (nSPS) is 14.8. The van der Waals surface area contributed by atoms with Gasteiger partial charge in [0.15, 0.2) is 11.5 Å². The van der Waals surface area contributed by atoms with E-state index in [1.165, 1.54) is 5.69 Å². The van der Waals surface area contributed by atoms with Gasteiger partial charge in [0.2, 0.25) is 0 Å². The number of benzene rings is 1. The number of piperazine rings is 1. The average Bonchev–Trinajstić information content (AvgIpc) is 3.12. The minimum Gasteiger partial charge on any atom is -0.384 e. The lowest BCUT2D eigenvalue weighted by molar-refractivity contribution is 0.313. The fourth-order valence-electron chi connectivity index (χ4n) is 3.87. The molecule has 1 aromatic carbocycles. The van der Waals surface area contributed by atoms with Crippen LogP contribution in [-0.2, 0) is 0 Å². The van der Waals surface area contributed by atoms with E-state index in [1.807, 2.05) is 19.1 Å². The van der Waals surface area contributed by atoms with Crippen LogP contribution in [0.15, 0.2) is 48.7 Å². The Morgan fingerprint density at radius 1 is 0.968 bits per heavy atom. The third-order valence-electron chi connectivity index (χ3n) is 5.49. The summed E-state index contributed by atoms with van der Waals surface area (Å²) in [5.74, 6) is 1.68. The average molecular weight is 416 g/mol. The lowest BCUT2D eigenvalue weighted by atomic mass is 10.2. The highest BCUT2D eigenvalue weighted by molar-refractivity contribution is 5.78. The van der Waals surface area contributed by atoms with Gasteiger partial charge in [0.05, 0.1) is 5.69 Å². The van der Waals surface area contributed by atoms with Gasteiger partial charge in [-0.1, -0.05) is 0 Å². The molecule has 158 valence electrons. The molecule has 9 nitrogen and oxygen atoms in total. The molecule has 1 saturated heterocycles. The molecule has 0 amide bonds. The van der Waals surface area contributed by atoms with Gasteiger partial charge in [-0.2, -0.15) is 5.10 Å². The third kappa shape index (κ3) is 3.87. The Balaban J connectivity index is 1.48. The Bertz CT molecular complexity index is 1190. The first-order valence-corrected chi connectivity index (χ1v) is 10.3. The van der Waals surface area contributed by atoms with Crippen molar-refractivity contribution >= 4 is 28.7 Å². The highest BCUT2D eigenvalue weighted by atomic mass is 15.3. The largest absolute Gasteiger partial charge is 0.384 e. The molecule has 0 saturated carbocycles.